The monoisotopic (exact) mass is 904 g/mol. The number of primary amides is 1. The maximum absolute atomic E-state index is 13.3. The average molecular weight is 905 g/mol. The Morgan fingerprint density at radius 3 is 2.18 bits per heavy atom. The molecule has 344 valence electrons. The summed E-state index contributed by atoms with van der Waals surface area (Å²) >= 11 is 0. The number of rotatable bonds is 11. The fourth-order valence-corrected chi connectivity index (χ4v) is 9.35. The standard InChI is InChI=1S/C48H51F3N10O5/c1-66-40-13-6-34(48(49,50)51)27-38(40)46(64)53-28-30-2-4-32(5-3-30)43-42(44(52)63)45-54-39-12-11-37(26-33(39)16-21-61(45)56-43)59-24-22-57(23-25-59)29-31-14-18-58(19-15-31)35-7-9-36(10-8-35)60-20-17-41(62)55-47(60)65/h2-13,26-27,31,54H,14-25,28-29H2,1H3,(H2,52,63)(H,53,64)(H,55,62,65). The van der Waals surface area contributed by atoms with Gasteiger partial charge in [-0.25, -0.2) is 9.48 Å². The topological polar surface area (TPSA) is 170 Å². The maximum Gasteiger partial charge on any atom is 0.416 e. The second-order valence-electron chi connectivity index (χ2n) is 17.2. The molecular weight excluding hydrogens is 854 g/mol. The SMILES string of the molecule is COc1ccc(C(F)(F)F)cc1C(=O)NCc1ccc(-c2nn3c(c2C(N)=O)Nc2ccc(N4CCN(CC5CCN(c6ccc(N7CCC(=O)NC7=O)cc6)CC5)CC4)cc2CC3)cc1. The average Bonchev–Trinajstić information content (AvgIpc) is 3.59. The number of alkyl halides is 3. The number of piperazine rings is 1. The van der Waals surface area contributed by atoms with Crippen LogP contribution in [0, 0.1) is 5.92 Å². The number of imide groups is 1. The molecule has 0 bridgehead atoms. The summed E-state index contributed by atoms with van der Waals surface area (Å²) in [6, 6.07) is 23.8. The molecule has 1 aromatic heterocycles. The number of halogens is 3. The van der Waals surface area contributed by atoms with Gasteiger partial charge in [-0.1, -0.05) is 24.3 Å². The van der Waals surface area contributed by atoms with Gasteiger partial charge in [-0.2, -0.15) is 18.3 Å². The Hall–Kier alpha value is -7.08. The molecule has 0 unspecified atom stereocenters. The molecule has 15 nitrogen and oxygen atoms in total. The lowest BCUT2D eigenvalue weighted by molar-refractivity contribution is -0.137. The summed E-state index contributed by atoms with van der Waals surface area (Å²) in [4.78, 5) is 58.7. The predicted octanol–water partition coefficient (Wildman–Crippen LogP) is 6.39. The van der Waals surface area contributed by atoms with Crippen molar-refractivity contribution in [1.29, 1.82) is 0 Å². The van der Waals surface area contributed by atoms with Crippen LogP contribution in [-0.2, 0) is 30.5 Å². The first-order valence-corrected chi connectivity index (χ1v) is 22.2. The van der Waals surface area contributed by atoms with Crippen LogP contribution in [0.5, 0.6) is 5.75 Å². The number of methoxy groups -OCH3 is 1. The summed E-state index contributed by atoms with van der Waals surface area (Å²) < 4.78 is 46.9. The van der Waals surface area contributed by atoms with Crippen LogP contribution >= 0.6 is 0 Å². The van der Waals surface area contributed by atoms with Crippen molar-refractivity contribution in [3.8, 4) is 17.0 Å². The second kappa shape index (κ2) is 18.4. The first kappa shape index (κ1) is 44.1. The van der Waals surface area contributed by atoms with Crippen LogP contribution in [0.2, 0.25) is 0 Å². The number of aryl methyl sites for hydroxylation is 2. The fraction of sp³-hybridized carbons (Fsp3) is 0.354. The molecule has 3 fully saturated rings. The van der Waals surface area contributed by atoms with E-state index in [1.165, 1.54) is 7.11 Å². The van der Waals surface area contributed by atoms with Crippen molar-refractivity contribution >= 4 is 52.3 Å². The molecule has 0 aliphatic carbocycles. The number of nitrogens with one attached hydrogen (secondary N) is 3. The largest absolute Gasteiger partial charge is 0.496 e. The van der Waals surface area contributed by atoms with Gasteiger partial charge in [0.25, 0.3) is 11.8 Å². The fourth-order valence-electron chi connectivity index (χ4n) is 9.35. The molecule has 4 aliphatic heterocycles. The van der Waals surface area contributed by atoms with Crippen molar-refractivity contribution in [1.82, 2.24) is 25.3 Å². The van der Waals surface area contributed by atoms with Crippen LogP contribution in [0.25, 0.3) is 11.3 Å². The summed E-state index contributed by atoms with van der Waals surface area (Å²) in [5.41, 5.74) is 11.9. The van der Waals surface area contributed by atoms with E-state index in [2.05, 4.69) is 61.0 Å². The number of hydrogen-bond acceptors (Lipinski definition) is 10. The van der Waals surface area contributed by atoms with E-state index in [-0.39, 0.29) is 35.4 Å². The quantitative estimate of drug-likeness (QED) is 0.117. The van der Waals surface area contributed by atoms with Crippen LogP contribution < -0.4 is 41.1 Å². The summed E-state index contributed by atoms with van der Waals surface area (Å²) in [5.74, 6) is -0.423. The van der Waals surface area contributed by atoms with Gasteiger partial charge in [0.15, 0.2) is 0 Å². The van der Waals surface area contributed by atoms with E-state index < -0.39 is 23.6 Å². The number of urea groups is 1. The zero-order valence-electron chi connectivity index (χ0n) is 36.5. The van der Waals surface area contributed by atoms with E-state index in [9.17, 15) is 32.3 Å². The lowest BCUT2D eigenvalue weighted by Crippen LogP contribution is -2.49. The number of fused-ring (bicyclic) bond motifs is 2. The van der Waals surface area contributed by atoms with Gasteiger partial charge in [0, 0.05) is 100 Å². The van der Waals surface area contributed by atoms with E-state index in [0.29, 0.717) is 54.5 Å². The molecule has 5 aromatic rings. The van der Waals surface area contributed by atoms with Crippen LogP contribution in [0.15, 0.2) is 84.9 Å². The number of carbonyl (C=O) groups is 4. The molecule has 4 aromatic carbocycles. The lowest BCUT2D eigenvalue weighted by Gasteiger charge is -2.40. The smallest absolute Gasteiger partial charge is 0.416 e. The Morgan fingerprint density at radius 2 is 1.50 bits per heavy atom. The molecule has 18 heteroatoms. The summed E-state index contributed by atoms with van der Waals surface area (Å²) in [7, 11) is 1.28. The summed E-state index contributed by atoms with van der Waals surface area (Å²) in [6.45, 7) is 7.80. The molecule has 3 saturated heterocycles. The number of benzene rings is 4. The van der Waals surface area contributed by atoms with E-state index in [1.54, 1.807) is 33.8 Å². The Kier molecular flexibility index (Phi) is 12.3. The third-order valence-corrected chi connectivity index (χ3v) is 13.0. The second-order valence-corrected chi connectivity index (χ2v) is 17.2. The summed E-state index contributed by atoms with van der Waals surface area (Å²) in [6.07, 6.45) is -1.40. The molecule has 9 rings (SSSR count). The molecule has 5 amide bonds. The van der Waals surface area contributed by atoms with Gasteiger partial charge in [0.2, 0.25) is 5.91 Å². The van der Waals surface area contributed by atoms with Gasteiger partial charge in [-0.3, -0.25) is 29.5 Å². The molecule has 0 spiro atoms. The zero-order chi connectivity index (χ0) is 46.1. The normalized spacial score (nSPS) is 17.1. The molecule has 0 saturated carbocycles. The van der Waals surface area contributed by atoms with Gasteiger partial charge >= 0.3 is 12.2 Å². The molecule has 0 radical (unpaired) electrons. The molecule has 4 aliphatic rings. The van der Waals surface area contributed by atoms with Crippen molar-refractivity contribution in [3.05, 3.63) is 113 Å². The van der Waals surface area contributed by atoms with Gasteiger partial charge in [-0.15, -0.1) is 0 Å². The highest BCUT2D eigenvalue weighted by Gasteiger charge is 2.33. The Morgan fingerprint density at radius 1 is 0.803 bits per heavy atom. The molecule has 0 atom stereocenters. The predicted molar refractivity (Wildman–Crippen MR) is 244 cm³/mol. The number of ether oxygens (including phenoxy) is 1. The lowest BCUT2D eigenvalue weighted by atomic mass is 9.95. The van der Waals surface area contributed by atoms with Crippen molar-refractivity contribution < 1.29 is 37.1 Å². The Balaban J connectivity index is 0.774. The maximum atomic E-state index is 13.3. The number of aromatic nitrogens is 2. The Bertz CT molecular complexity index is 2640. The summed E-state index contributed by atoms with van der Waals surface area (Å²) in [5, 5.41) is 13.3. The van der Waals surface area contributed by atoms with Gasteiger partial charge in [-0.05, 0) is 97.0 Å². The van der Waals surface area contributed by atoms with Crippen LogP contribution in [0.1, 0.15) is 56.7 Å². The highest BCUT2D eigenvalue weighted by molar-refractivity contribution is 6.06. The number of amides is 5. The number of anilines is 5. The van der Waals surface area contributed by atoms with Crippen LogP contribution in [0.3, 0.4) is 0 Å². The van der Waals surface area contributed by atoms with E-state index in [4.69, 9.17) is 15.6 Å². The minimum Gasteiger partial charge on any atom is -0.496 e. The molecule has 66 heavy (non-hydrogen) atoms. The minimum absolute atomic E-state index is 0.0240. The number of hydrogen-bond donors (Lipinski definition) is 4. The minimum atomic E-state index is -4.62. The first-order chi connectivity index (χ1) is 31.8. The van der Waals surface area contributed by atoms with Crippen molar-refractivity contribution in [2.75, 3.05) is 79.5 Å². The van der Waals surface area contributed by atoms with Crippen molar-refractivity contribution in [3.63, 3.8) is 0 Å². The van der Waals surface area contributed by atoms with Crippen molar-refractivity contribution in [2.24, 2.45) is 11.7 Å². The number of carbonyl (C=O) groups excluding carboxylic acids is 4. The molecular formula is C48H51F3N10O5. The highest BCUT2D eigenvalue weighted by atomic mass is 19.4. The van der Waals surface area contributed by atoms with Gasteiger partial charge in [0.1, 0.15) is 22.8 Å². The van der Waals surface area contributed by atoms with E-state index in [1.807, 2.05) is 12.1 Å². The number of nitrogens with zero attached hydrogens (tertiary/aromatic N) is 6. The number of nitrogens with two attached hydrogens (primary N) is 1. The number of piperidine rings is 1. The molecule has 5 heterocycles. The molecule has 5 N–H and O–H groups in total. The van der Waals surface area contributed by atoms with E-state index >= 15 is 0 Å². The zero-order valence-corrected chi connectivity index (χ0v) is 36.5. The third kappa shape index (κ3) is 9.36. The van der Waals surface area contributed by atoms with Crippen molar-refractivity contribution in [2.45, 2.75) is 44.9 Å². The third-order valence-electron chi connectivity index (χ3n) is 13.0. The van der Waals surface area contributed by atoms with E-state index in [0.717, 1.165) is 105 Å². The van der Waals surface area contributed by atoms with Crippen LogP contribution in [-0.4, -0.2) is 97.9 Å². The van der Waals surface area contributed by atoms with Crippen LogP contribution in [0.4, 0.5) is 46.5 Å². The van der Waals surface area contributed by atoms with Gasteiger partial charge in [0.05, 0.1) is 18.2 Å². The highest BCUT2D eigenvalue weighted by Crippen LogP contribution is 2.37. The Labute approximate surface area is 379 Å². The first-order valence-electron chi connectivity index (χ1n) is 22.2. The van der Waals surface area contributed by atoms with Gasteiger partial charge < -0.3 is 30.9 Å².